The van der Waals surface area contributed by atoms with Gasteiger partial charge in [0, 0.05) is 18.5 Å². The van der Waals surface area contributed by atoms with Crippen LogP contribution in [-0.4, -0.2) is 23.0 Å². The van der Waals surface area contributed by atoms with Gasteiger partial charge in [-0.1, -0.05) is 37.5 Å². The zero-order chi connectivity index (χ0) is 16.7. The smallest absolute Gasteiger partial charge is 0.242 e. The minimum Gasteiger partial charge on any atom is -0.508 e. The van der Waals surface area contributed by atoms with Crippen LogP contribution in [0.5, 0.6) is 5.75 Å². The minimum absolute atomic E-state index is 0.0536. The van der Waals surface area contributed by atoms with Gasteiger partial charge in [0.2, 0.25) is 11.8 Å². The van der Waals surface area contributed by atoms with Gasteiger partial charge in [-0.05, 0) is 31.7 Å². The molecule has 1 atom stereocenters. The lowest BCUT2D eigenvalue weighted by Crippen LogP contribution is -2.45. The van der Waals surface area contributed by atoms with E-state index in [1.807, 2.05) is 0 Å². The van der Waals surface area contributed by atoms with E-state index in [0.717, 1.165) is 12.8 Å². The first-order valence-electron chi connectivity index (χ1n) is 8.40. The largest absolute Gasteiger partial charge is 0.508 e. The van der Waals surface area contributed by atoms with E-state index in [2.05, 4.69) is 10.6 Å². The maximum Gasteiger partial charge on any atom is 0.242 e. The van der Waals surface area contributed by atoms with Crippen molar-refractivity contribution in [3.05, 3.63) is 29.8 Å². The predicted molar refractivity (Wildman–Crippen MR) is 88.8 cm³/mol. The lowest BCUT2D eigenvalue weighted by molar-refractivity contribution is -0.129. The van der Waals surface area contributed by atoms with Crippen LogP contribution < -0.4 is 10.6 Å². The number of phenols is 1. The molecule has 0 saturated heterocycles. The Morgan fingerprint density at radius 3 is 2.61 bits per heavy atom. The third-order valence-corrected chi connectivity index (χ3v) is 4.41. The molecule has 5 heteroatoms. The zero-order valence-electron chi connectivity index (χ0n) is 13.7. The summed E-state index contributed by atoms with van der Waals surface area (Å²) in [5.74, 6) is 0.314. The highest BCUT2D eigenvalue weighted by molar-refractivity contribution is 5.87. The molecule has 2 amide bonds. The van der Waals surface area contributed by atoms with E-state index >= 15 is 0 Å². The van der Waals surface area contributed by atoms with Crippen LogP contribution in [0.4, 0.5) is 0 Å². The van der Waals surface area contributed by atoms with E-state index in [4.69, 9.17) is 0 Å². The van der Waals surface area contributed by atoms with Crippen molar-refractivity contribution in [1.82, 2.24) is 10.6 Å². The topological polar surface area (TPSA) is 78.4 Å². The number of carbonyl (C=O) groups is 2. The summed E-state index contributed by atoms with van der Waals surface area (Å²) in [6.07, 6.45) is 6.41. The van der Waals surface area contributed by atoms with Gasteiger partial charge in [0.15, 0.2) is 0 Å². The van der Waals surface area contributed by atoms with E-state index in [1.165, 1.54) is 19.3 Å². The van der Waals surface area contributed by atoms with Gasteiger partial charge < -0.3 is 15.7 Å². The molecule has 126 valence electrons. The Hall–Kier alpha value is -2.04. The van der Waals surface area contributed by atoms with Crippen molar-refractivity contribution in [3.63, 3.8) is 0 Å². The molecular weight excluding hydrogens is 292 g/mol. The molecule has 0 aliphatic heterocycles. The van der Waals surface area contributed by atoms with Gasteiger partial charge in [0.1, 0.15) is 11.8 Å². The highest BCUT2D eigenvalue weighted by Crippen LogP contribution is 2.26. The normalized spacial score (nSPS) is 16.6. The lowest BCUT2D eigenvalue weighted by atomic mass is 9.87. The van der Waals surface area contributed by atoms with Crippen molar-refractivity contribution in [1.29, 1.82) is 0 Å². The number of nitrogens with one attached hydrogen (secondary N) is 2. The van der Waals surface area contributed by atoms with Crippen molar-refractivity contribution in [2.75, 3.05) is 0 Å². The van der Waals surface area contributed by atoms with E-state index in [0.29, 0.717) is 17.9 Å². The van der Waals surface area contributed by atoms with Crippen molar-refractivity contribution >= 4 is 11.8 Å². The molecule has 3 N–H and O–H groups in total. The van der Waals surface area contributed by atoms with Crippen LogP contribution in [0.2, 0.25) is 0 Å². The summed E-state index contributed by atoms with van der Waals surface area (Å²) in [7, 11) is 0. The number of para-hydroxylation sites is 1. The number of hydrogen-bond acceptors (Lipinski definition) is 3. The van der Waals surface area contributed by atoms with Crippen LogP contribution in [-0.2, 0) is 16.1 Å². The Morgan fingerprint density at radius 1 is 1.22 bits per heavy atom. The van der Waals surface area contributed by atoms with Crippen molar-refractivity contribution in [2.45, 2.75) is 58.0 Å². The summed E-state index contributed by atoms with van der Waals surface area (Å²) in [6, 6.07) is 6.29. The van der Waals surface area contributed by atoms with Gasteiger partial charge in [-0.25, -0.2) is 0 Å². The maximum absolute atomic E-state index is 12.0. The second-order valence-electron chi connectivity index (χ2n) is 6.34. The second-order valence-corrected chi connectivity index (χ2v) is 6.34. The lowest BCUT2D eigenvalue weighted by Gasteiger charge is -2.22. The molecule has 1 saturated carbocycles. The number of carbonyl (C=O) groups excluding carboxylic acids is 2. The minimum atomic E-state index is -0.572. The molecule has 0 bridgehead atoms. The fourth-order valence-electron chi connectivity index (χ4n) is 3.02. The molecule has 0 heterocycles. The van der Waals surface area contributed by atoms with E-state index in [-0.39, 0.29) is 24.1 Å². The monoisotopic (exact) mass is 318 g/mol. The Bertz CT molecular complexity index is 539. The quantitative estimate of drug-likeness (QED) is 0.754. The molecule has 0 aromatic heterocycles. The standard InChI is InChI=1S/C18H26N2O3/c1-13(20-17(22)11-14-7-3-2-4-8-14)18(23)19-12-15-9-5-6-10-16(15)21/h5-6,9-10,13-14,21H,2-4,7-8,11-12H2,1H3,(H,19,23)(H,20,22). The maximum atomic E-state index is 12.0. The van der Waals surface area contributed by atoms with Gasteiger partial charge in [-0.3, -0.25) is 9.59 Å². The Balaban J connectivity index is 1.73. The summed E-state index contributed by atoms with van der Waals surface area (Å²) in [4.78, 5) is 24.1. The molecule has 1 aliphatic rings. The number of benzene rings is 1. The molecule has 1 fully saturated rings. The molecule has 23 heavy (non-hydrogen) atoms. The molecule has 0 spiro atoms. The molecule has 2 rings (SSSR count). The van der Waals surface area contributed by atoms with E-state index < -0.39 is 6.04 Å². The van der Waals surface area contributed by atoms with Crippen LogP contribution in [0.3, 0.4) is 0 Å². The summed E-state index contributed by atoms with van der Waals surface area (Å²) in [5, 5.41) is 15.2. The molecule has 1 aliphatic carbocycles. The molecule has 1 aromatic carbocycles. The highest BCUT2D eigenvalue weighted by Gasteiger charge is 2.20. The number of rotatable bonds is 6. The number of amides is 2. The predicted octanol–water partition coefficient (Wildman–Crippen LogP) is 2.48. The average Bonchev–Trinajstić information content (AvgIpc) is 2.54. The highest BCUT2D eigenvalue weighted by atomic mass is 16.3. The summed E-state index contributed by atoms with van der Waals surface area (Å²) in [5.41, 5.74) is 0.654. The van der Waals surface area contributed by atoms with E-state index in [1.54, 1.807) is 31.2 Å². The van der Waals surface area contributed by atoms with Crippen molar-refractivity contribution < 1.29 is 14.7 Å². The first-order valence-corrected chi connectivity index (χ1v) is 8.40. The molecule has 1 aromatic rings. The SMILES string of the molecule is CC(NC(=O)CC1CCCCC1)C(=O)NCc1ccccc1O. The number of hydrogen-bond donors (Lipinski definition) is 3. The van der Waals surface area contributed by atoms with Gasteiger partial charge >= 0.3 is 0 Å². The van der Waals surface area contributed by atoms with Gasteiger partial charge in [-0.15, -0.1) is 0 Å². The van der Waals surface area contributed by atoms with E-state index in [9.17, 15) is 14.7 Å². The Kier molecular flexibility index (Phi) is 6.44. The Morgan fingerprint density at radius 2 is 1.91 bits per heavy atom. The third-order valence-electron chi connectivity index (χ3n) is 4.41. The summed E-state index contributed by atoms with van der Waals surface area (Å²) < 4.78 is 0. The van der Waals surface area contributed by atoms with Crippen LogP contribution >= 0.6 is 0 Å². The van der Waals surface area contributed by atoms with Crippen LogP contribution in [0.1, 0.15) is 51.0 Å². The molecule has 1 unspecified atom stereocenters. The summed E-state index contributed by atoms with van der Waals surface area (Å²) in [6.45, 7) is 1.92. The first-order chi connectivity index (χ1) is 11.1. The van der Waals surface area contributed by atoms with Crippen LogP contribution in [0.25, 0.3) is 0 Å². The third kappa shape index (κ3) is 5.58. The first kappa shape index (κ1) is 17.3. The van der Waals surface area contributed by atoms with Gasteiger partial charge in [-0.2, -0.15) is 0 Å². The van der Waals surface area contributed by atoms with Crippen molar-refractivity contribution in [2.24, 2.45) is 5.92 Å². The molecule has 0 radical (unpaired) electrons. The second kappa shape index (κ2) is 8.56. The number of aromatic hydroxyl groups is 1. The van der Waals surface area contributed by atoms with Gasteiger partial charge in [0.25, 0.3) is 0 Å². The summed E-state index contributed by atoms with van der Waals surface area (Å²) >= 11 is 0. The Labute approximate surface area is 137 Å². The fraction of sp³-hybridized carbons (Fsp3) is 0.556. The van der Waals surface area contributed by atoms with Crippen molar-refractivity contribution in [3.8, 4) is 5.75 Å². The fourth-order valence-corrected chi connectivity index (χ4v) is 3.02. The number of phenolic OH excluding ortho intramolecular Hbond substituents is 1. The molecular formula is C18H26N2O3. The zero-order valence-corrected chi connectivity index (χ0v) is 13.7. The van der Waals surface area contributed by atoms with Gasteiger partial charge in [0.05, 0.1) is 0 Å². The average molecular weight is 318 g/mol. The van der Waals surface area contributed by atoms with Crippen LogP contribution in [0.15, 0.2) is 24.3 Å². The molecule has 5 nitrogen and oxygen atoms in total. The van der Waals surface area contributed by atoms with Crippen LogP contribution in [0, 0.1) is 5.92 Å².